The third-order valence-electron chi connectivity index (χ3n) is 7.42. The Labute approximate surface area is 263 Å². The molecule has 0 aromatic carbocycles. The average Bonchev–Trinajstić information content (AvgIpc) is 3.01. The molecule has 0 bridgehead atoms. The Bertz CT molecular complexity index is 773. The lowest BCUT2D eigenvalue weighted by atomic mass is 10.0. The van der Waals surface area contributed by atoms with Gasteiger partial charge in [0.05, 0.1) is 18.8 Å². The second-order valence-corrected chi connectivity index (χ2v) is 11.5. The van der Waals surface area contributed by atoms with Crippen molar-refractivity contribution in [1.29, 1.82) is 0 Å². The summed E-state index contributed by atoms with van der Waals surface area (Å²) in [5.41, 5.74) is 0. The molecule has 43 heavy (non-hydrogen) atoms. The van der Waals surface area contributed by atoms with E-state index in [1.165, 1.54) is 57.8 Å². The minimum Gasteiger partial charge on any atom is -0.394 e. The van der Waals surface area contributed by atoms with Crippen molar-refractivity contribution in [2.75, 3.05) is 6.61 Å². The van der Waals surface area contributed by atoms with Crippen molar-refractivity contribution < 1.29 is 25.2 Å². The number of amides is 1. The lowest BCUT2D eigenvalue weighted by Crippen LogP contribution is -2.52. The standard InChI is InChI=1S/C37H65NO5/c1-3-5-7-9-11-13-15-17-18-19-21-22-24-26-28-30-34(40)36(42)33(32-39)38-37(43)35(41)31-29-27-25-23-20-16-14-12-10-8-6-4-2/h9,11,17-18,20,22-24,27,29,33-36,39-42H,3-8,10,12-16,19,21,25-26,28,30-32H2,1-2H3,(H,38,43)/b11-9+,18-17+,23-20-,24-22+,29-27-. The molecule has 0 aliphatic heterocycles. The molecule has 0 saturated heterocycles. The molecular formula is C37H65NO5. The molecular weight excluding hydrogens is 538 g/mol. The van der Waals surface area contributed by atoms with Crippen LogP contribution in [0.5, 0.6) is 0 Å². The lowest BCUT2D eigenvalue weighted by Gasteiger charge is -2.27. The fraction of sp³-hybridized carbons (Fsp3) is 0.703. The second-order valence-electron chi connectivity index (χ2n) is 11.5. The Morgan fingerprint density at radius 2 is 1.09 bits per heavy atom. The normalized spacial score (nSPS) is 15.4. The third kappa shape index (κ3) is 26.2. The van der Waals surface area contributed by atoms with Crippen molar-refractivity contribution in [1.82, 2.24) is 5.32 Å². The van der Waals surface area contributed by atoms with Gasteiger partial charge in [-0.05, 0) is 70.6 Å². The topological polar surface area (TPSA) is 110 Å². The Morgan fingerprint density at radius 3 is 1.70 bits per heavy atom. The summed E-state index contributed by atoms with van der Waals surface area (Å²) < 4.78 is 0. The van der Waals surface area contributed by atoms with E-state index in [0.29, 0.717) is 12.8 Å². The van der Waals surface area contributed by atoms with Gasteiger partial charge in [0, 0.05) is 6.42 Å². The van der Waals surface area contributed by atoms with E-state index in [1.54, 1.807) is 6.08 Å². The molecule has 6 heteroatoms. The van der Waals surface area contributed by atoms with Crippen LogP contribution in [-0.2, 0) is 4.79 Å². The zero-order valence-electron chi connectivity index (χ0n) is 27.4. The summed E-state index contributed by atoms with van der Waals surface area (Å²) >= 11 is 0. The van der Waals surface area contributed by atoms with Crippen LogP contribution in [0.3, 0.4) is 0 Å². The zero-order valence-corrected chi connectivity index (χ0v) is 27.4. The largest absolute Gasteiger partial charge is 0.394 e. The predicted molar refractivity (Wildman–Crippen MR) is 182 cm³/mol. The van der Waals surface area contributed by atoms with E-state index in [-0.39, 0.29) is 6.42 Å². The molecule has 0 aromatic rings. The van der Waals surface area contributed by atoms with Crippen LogP contribution in [0.4, 0.5) is 0 Å². The molecule has 1 amide bonds. The Balaban J connectivity index is 4.07. The van der Waals surface area contributed by atoms with Crippen LogP contribution in [0.1, 0.15) is 136 Å². The van der Waals surface area contributed by atoms with Crippen LogP contribution >= 0.6 is 0 Å². The van der Waals surface area contributed by atoms with Gasteiger partial charge >= 0.3 is 0 Å². The quantitative estimate of drug-likeness (QED) is 0.0443. The van der Waals surface area contributed by atoms with Crippen molar-refractivity contribution >= 4 is 5.91 Å². The fourth-order valence-electron chi connectivity index (χ4n) is 4.58. The van der Waals surface area contributed by atoms with E-state index in [1.807, 2.05) is 6.08 Å². The average molecular weight is 604 g/mol. The second kappa shape index (κ2) is 31.4. The minimum atomic E-state index is -1.32. The van der Waals surface area contributed by atoms with Gasteiger partial charge in [0.1, 0.15) is 12.2 Å². The summed E-state index contributed by atoms with van der Waals surface area (Å²) in [6.45, 7) is 3.91. The smallest absolute Gasteiger partial charge is 0.249 e. The van der Waals surface area contributed by atoms with E-state index in [4.69, 9.17) is 0 Å². The molecule has 248 valence electrons. The van der Waals surface area contributed by atoms with E-state index in [9.17, 15) is 25.2 Å². The van der Waals surface area contributed by atoms with Gasteiger partial charge in [0.15, 0.2) is 0 Å². The van der Waals surface area contributed by atoms with Gasteiger partial charge in [-0.25, -0.2) is 0 Å². The van der Waals surface area contributed by atoms with Gasteiger partial charge in [-0.15, -0.1) is 0 Å². The maximum absolute atomic E-state index is 12.3. The highest BCUT2D eigenvalue weighted by molar-refractivity contribution is 5.81. The van der Waals surface area contributed by atoms with Gasteiger partial charge in [0.2, 0.25) is 5.91 Å². The first kappa shape index (κ1) is 41.0. The third-order valence-corrected chi connectivity index (χ3v) is 7.42. The van der Waals surface area contributed by atoms with E-state index in [2.05, 4.69) is 67.8 Å². The number of unbranched alkanes of at least 4 members (excludes halogenated alkanes) is 11. The Hall–Kier alpha value is -1.99. The molecule has 0 spiro atoms. The number of hydrogen-bond acceptors (Lipinski definition) is 5. The van der Waals surface area contributed by atoms with Crippen molar-refractivity contribution in [2.45, 2.75) is 160 Å². The number of rotatable bonds is 29. The molecule has 0 saturated carbocycles. The number of hydrogen-bond donors (Lipinski definition) is 5. The summed E-state index contributed by atoms with van der Waals surface area (Å²) in [6, 6.07) is -1.04. The Morgan fingerprint density at radius 1 is 0.605 bits per heavy atom. The summed E-state index contributed by atoms with van der Waals surface area (Å²) in [5, 5.41) is 43.1. The highest BCUT2D eigenvalue weighted by atomic mass is 16.3. The number of carbonyl (C=O) groups is 1. The summed E-state index contributed by atoms with van der Waals surface area (Å²) in [5.74, 6) is -0.672. The monoisotopic (exact) mass is 603 g/mol. The van der Waals surface area contributed by atoms with Crippen molar-refractivity contribution in [3.63, 3.8) is 0 Å². The van der Waals surface area contributed by atoms with Gasteiger partial charge in [0.25, 0.3) is 0 Å². The molecule has 4 unspecified atom stereocenters. The minimum absolute atomic E-state index is 0.145. The highest BCUT2D eigenvalue weighted by Gasteiger charge is 2.28. The van der Waals surface area contributed by atoms with Gasteiger partial charge in [-0.1, -0.05) is 120 Å². The van der Waals surface area contributed by atoms with Crippen LogP contribution in [0.25, 0.3) is 0 Å². The molecule has 5 N–H and O–H groups in total. The van der Waals surface area contributed by atoms with Crippen molar-refractivity contribution in [3.8, 4) is 0 Å². The molecule has 0 aliphatic carbocycles. The maximum atomic E-state index is 12.3. The van der Waals surface area contributed by atoms with Gasteiger partial charge in [-0.2, -0.15) is 0 Å². The van der Waals surface area contributed by atoms with Gasteiger partial charge in [-0.3, -0.25) is 4.79 Å². The van der Waals surface area contributed by atoms with E-state index < -0.39 is 36.9 Å². The number of aliphatic hydroxyl groups excluding tert-OH is 4. The lowest BCUT2D eigenvalue weighted by molar-refractivity contribution is -0.132. The van der Waals surface area contributed by atoms with Crippen LogP contribution in [0.15, 0.2) is 60.8 Å². The molecule has 4 atom stereocenters. The van der Waals surface area contributed by atoms with E-state index >= 15 is 0 Å². The first-order valence-corrected chi connectivity index (χ1v) is 17.2. The number of nitrogens with one attached hydrogen (secondary N) is 1. The van der Waals surface area contributed by atoms with Crippen molar-refractivity contribution in [2.24, 2.45) is 0 Å². The SMILES string of the molecule is CCCC/C=C/CC/C=C/CC/C=C/CCCC(O)C(O)C(CO)NC(=O)C(O)C/C=C\C/C=C\CCCCCCCC. The first-order valence-electron chi connectivity index (χ1n) is 17.2. The van der Waals surface area contributed by atoms with E-state index in [0.717, 1.165) is 44.9 Å². The maximum Gasteiger partial charge on any atom is 0.249 e. The van der Waals surface area contributed by atoms with Crippen molar-refractivity contribution in [3.05, 3.63) is 60.8 Å². The predicted octanol–water partition coefficient (Wildman–Crippen LogP) is 7.78. The fourth-order valence-corrected chi connectivity index (χ4v) is 4.58. The van der Waals surface area contributed by atoms with Crippen LogP contribution in [0, 0.1) is 0 Å². The zero-order chi connectivity index (χ0) is 31.8. The number of carbonyl (C=O) groups excluding carboxylic acids is 1. The van der Waals surface area contributed by atoms with Crippen LogP contribution < -0.4 is 5.32 Å². The molecule has 6 nitrogen and oxygen atoms in total. The highest BCUT2D eigenvalue weighted by Crippen LogP contribution is 2.11. The first-order chi connectivity index (χ1) is 21.0. The van der Waals surface area contributed by atoms with Crippen LogP contribution in [-0.4, -0.2) is 57.3 Å². The number of allylic oxidation sites excluding steroid dienone is 9. The van der Waals surface area contributed by atoms with Crippen LogP contribution in [0.2, 0.25) is 0 Å². The number of aliphatic hydroxyl groups is 4. The molecule has 0 aliphatic rings. The summed E-state index contributed by atoms with van der Waals surface area (Å²) in [4.78, 5) is 12.3. The Kier molecular flexibility index (Phi) is 30.0. The molecule has 0 fully saturated rings. The molecule has 0 radical (unpaired) electrons. The summed E-state index contributed by atoms with van der Waals surface area (Å²) in [7, 11) is 0. The summed E-state index contributed by atoms with van der Waals surface area (Å²) in [6.07, 6.45) is 36.8. The molecule has 0 heterocycles. The van der Waals surface area contributed by atoms with Gasteiger partial charge < -0.3 is 25.7 Å². The molecule has 0 rings (SSSR count). The molecule has 0 aromatic heterocycles.